The Morgan fingerprint density at radius 1 is 1.53 bits per heavy atom. The van der Waals surface area contributed by atoms with E-state index >= 15 is 0 Å². The van der Waals surface area contributed by atoms with Crippen LogP contribution in [0.1, 0.15) is 5.56 Å². The minimum Gasteiger partial charge on any atom is -0.494 e. The Morgan fingerprint density at radius 2 is 2.20 bits per heavy atom. The average Bonchev–Trinajstić information content (AvgIpc) is 2.15. The van der Waals surface area contributed by atoms with Crippen LogP contribution in [-0.2, 0) is 4.79 Å². The van der Waals surface area contributed by atoms with Crippen LogP contribution in [0.2, 0.25) is 0 Å². The highest BCUT2D eigenvalue weighted by atomic mass is 35.5. The molecule has 1 rings (SSSR count). The van der Waals surface area contributed by atoms with Gasteiger partial charge in [-0.15, -0.1) is 12.4 Å². The molecule has 15 heavy (non-hydrogen) atoms. The maximum atomic E-state index is 13.1. The highest BCUT2D eigenvalue weighted by Crippen LogP contribution is 2.18. The van der Waals surface area contributed by atoms with Crippen molar-refractivity contribution in [3.63, 3.8) is 0 Å². The second-order valence-electron chi connectivity index (χ2n) is 2.57. The van der Waals surface area contributed by atoms with E-state index in [-0.39, 0.29) is 18.2 Å². The van der Waals surface area contributed by atoms with Crippen molar-refractivity contribution >= 4 is 24.5 Å². The maximum Gasteiger partial charge on any atom is 0.328 e. The molecule has 0 bridgehead atoms. The van der Waals surface area contributed by atoms with Gasteiger partial charge >= 0.3 is 5.97 Å². The Morgan fingerprint density at radius 3 is 2.67 bits per heavy atom. The number of aliphatic carboxylic acids is 1. The van der Waals surface area contributed by atoms with Crippen molar-refractivity contribution in [1.29, 1.82) is 0 Å². The summed E-state index contributed by atoms with van der Waals surface area (Å²) >= 11 is 0. The zero-order valence-corrected chi connectivity index (χ0v) is 8.75. The van der Waals surface area contributed by atoms with Gasteiger partial charge in [-0.3, -0.25) is 0 Å². The fourth-order valence-corrected chi connectivity index (χ4v) is 0.954. The summed E-state index contributed by atoms with van der Waals surface area (Å²) in [4.78, 5) is 10.2. The Hall–Kier alpha value is -1.55. The van der Waals surface area contributed by atoms with Gasteiger partial charge in [-0.1, -0.05) is 6.07 Å². The predicted molar refractivity (Wildman–Crippen MR) is 56.9 cm³/mol. The standard InChI is InChI=1S/C10H9FO3.ClH/c1-14-9-4-2-7(6-8(9)11)3-5-10(12)13;/h2-6H,1H3,(H,12,13);1H. The molecule has 82 valence electrons. The molecule has 0 aliphatic carbocycles. The monoisotopic (exact) mass is 232 g/mol. The molecule has 0 amide bonds. The topological polar surface area (TPSA) is 46.5 Å². The lowest BCUT2D eigenvalue weighted by Crippen LogP contribution is -1.89. The smallest absolute Gasteiger partial charge is 0.328 e. The van der Waals surface area contributed by atoms with Gasteiger partial charge in [0.05, 0.1) is 7.11 Å². The lowest BCUT2D eigenvalue weighted by molar-refractivity contribution is -0.131. The number of carbonyl (C=O) groups is 1. The van der Waals surface area contributed by atoms with Crippen molar-refractivity contribution in [3.05, 3.63) is 35.7 Å². The summed E-state index contributed by atoms with van der Waals surface area (Å²) in [5.41, 5.74) is 0.478. The minimum atomic E-state index is -1.07. The molecule has 0 heterocycles. The largest absolute Gasteiger partial charge is 0.494 e. The average molecular weight is 233 g/mol. The molecule has 1 aromatic rings. The summed E-state index contributed by atoms with van der Waals surface area (Å²) in [6.45, 7) is 0. The van der Waals surface area contributed by atoms with E-state index in [1.807, 2.05) is 0 Å². The third-order valence-electron chi connectivity index (χ3n) is 1.59. The first-order chi connectivity index (χ1) is 6.63. The van der Waals surface area contributed by atoms with Crippen molar-refractivity contribution in [2.75, 3.05) is 7.11 Å². The molecule has 0 spiro atoms. The summed E-state index contributed by atoms with van der Waals surface area (Å²) in [5, 5.41) is 8.34. The highest BCUT2D eigenvalue weighted by Gasteiger charge is 2.01. The van der Waals surface area contributed by atoms with Gasteiger partial charge in [0.25, 0.3) is 0 Å². The van der Waals surface area contributed by atoms with Gasteiger partial charge in [0.1, 0.15) is 0 Å². The van der Waals surface area contributed by atoms with Gasteiger partial charge in [0.2, 0.25) is 0 Å². The van der Waals surface area contributed by atoms with E-state index in [0.717, 1.165) is 6.08 Å². The summed E-state index contributed by atoms with van der Waals surface area (Å²) in [6.07, 6.45) is 2.26. The van der Waals surface area contributed by atoms with Crippen LogP contribution in [0.3, 0.4) is 0 Å². The van der Waals surface area contributed by atoms with Gasteiger partial charge in [0, 0.05) is 6.08 Å². The zero-order chi connectivity index (χ0) is 10.6. The number of carboxylic acid groups (broad SMARTS) is 1. The number of methoxy groups -OCH3 is 1. The fourth-order valence-electron chi connectivity index (χ4n) is 0.954. The van der Waals surface area contributed by atoms with Gasteiger partial charge in [-0.25, -0.2) is 9.18 Å². The Labute approximate surface area is 92.6 Å². The van der Waals surface area contributed by atoms with E-state index in [2.05, 4.69) is 0 Å². The molecule has 0 atom stereocenters. The van der Waals surface area contributed by atoms with E-state index in [1.165, 1.54) is 25.3 Å². The number of benzene rings is 1. The third-order valence-corrected chi connectivity index (χ3v) is 1.59. The molecular weight excluding hydrogens is 223 g/mol. The van der Waals surface area contributed by atoms with Gasteiger partial charge < -0.3 is 9.84 Å². The molecular formula is C10H10ClFO3. The molecule has 0 aliphatic rings. The van der Waals surface area contributed by atoms with Crippen LogP contribution in [0, 0.1) is 5.82 Å². The molecule has 1 N–H and O–H groups in total. The molecule has 0 unspecified atom stereocenters. The molecule has 1 aromatic carbocycles. The van der Waals surface area contributed by atoms with Gasteiger partial charge in [-0.05, 0) is 23.8 Å². The van der Waals surface area contributed by atoms with E-state index in [4.69, 9.17) is 9.84 Å². The van der Waals surface area contributed by atoms with Crippen molar-refractivity contribution in [3.8, 4) is 5.75 Å². The van der Waals surface area contributed by atoms with Crippen molar-refractivity contribution in [2.24, 2.45) is 0 Å². The molecule has 3 nitrogen and oxygen atoms in total. The van der Waals surface area contributed by atoms with E-state index < -0.39 is 11.8 Å². The second-order valence-corrected chi connectivity index (χ2v) is 2.57. The van der Waals surface area contributed by atoms with Crippen LogP contribution < -0.4 is 4.74 Å². The highest BCUT2D eigenvalue weighted by molar-refractivity contribution is 5.85. The molecule has 5 heteroatoms. The summed E-state index contributed by atoms with van der Waals surface area (Å²) < 4.78 is 17.8. The number of rotatable bonds is 3. The normalized spacial score (nSPS) is 9.73. The lowest BCUT2D eigenvalue weighted by Gasteiger charge is -2.01. The van der Waals surface area contributed by atoms with Crippen LogP contribution in [0.15, 0.2) is 24.3 Å². The first kappa shape index (κ1) is 13.4. The summed E-state index contributed by atoms with van der Waals surface area (Å²) in [5.74, 6) is -1.45. The predicted octanol–water partition coefficient (Wildman–Crippen LogP) is 2.35. The Bertz CT molecular complexity index is 377. The first-order valence-corrected chi connectivity index (χ1v) is 3.88. The number of ether oxygens (including phenoxy) is 1. The molecule has 0 radical (unpaired) electrons. The number of halogens is 2. The van der Waals surface area contributed by atoms with Crippen molar-refractivity contribution < 1.29 is 19.0 Å². The first-order valence-electron chi connectivity index (χ1n) is 3.88. The van der Waals surface area contributed by atoms with Gasteiger partial charge in [-0.2, -0.15) is 0 Å². The number of hydrogen-bond donors (Lipinski definition) is 1. The number of carboxylic acids is 1. The van der Waals surface area contributed by atoms with E-state index in [1.54, 1.807) is 6.07 Å². The van der Waals surface area contributed by atoms with Crippen LogP contribution in [-0.4, -0.2) is 18.2 Å². The summed E-state index contributed by atoms with van der Waals surface area (Å²) in [7, 11) is 1.37. The molecule has 0 aliphatic heterocycles. The van der Waals surface area contributed by atoms with Crippen LogP contribution in [0.25, 0.3) is 6.08 Å². The molecule has 0 saturated heterocycles. The Kier molecular flexibility index (Phi) is 5.41. The maximum absolute atomic E-state index is 13.1. The minimum absolute atomic E-state index is 0. The fraction of sp³-hybridized carbons (Fsp3) is 0.100. The van der Waals surface area contributed by atoms with Crippen LogP contribution in [0.5, 0.6) is 5.75 Å². The lowest BCUT2D eigenvalue weighted by atomic mass is 10.2. The molecule has 0 saturated carbocycles. The zero-order valence-electron chi connectivity index (χ0n) is 7.94. The van der Waals surface area contributed by atoms with E-state index in [9.17, 15) is 9.18 Å². The summed E-state index contributed by atoms with van der Waals surface area (Å²) in [6, 6.07) is 4.22. The van der Waals surface area contributed by atoms with Crippen molar-refractivity contribution in [2.45, 2.75) is 0 Å². The quantitative estimate of drug-likeness (QED) is 0.814. The SMILES string of the molecule is COc1ccc(C=CC(=O)O)cc1F.Cl. The molecule has 0 fully saturated rings. The number of hydrogen-bond acceptors (Lipinski definition) is 2. The van der Waals surface area contributed by atoms with Crippen LogP contribution in [0.4, 0.5) is 4.39 Å². The van der Waals surface area contributed by atoms with Crippen molar-refractivity contribution in [1.82, 2.24) is 0 Å². The molecule has 0 aromatic heterocycles. The van der Waals surface area contributed by atoms with E-state index in [0.29, 0.717) is 5.56 Å². The van der Waals surface area contributed by atoms with Crippen LogP contribution >= 0.6 is 12.4 Å². The van der Waals surface area contributed by atoms with Gasteiger partial charge in [0.15, 0.2) is 11.6 Å². The second kappa shape index (κ2) is 6.03. The Balaban J connectivity index is 0.00000196. The third kappa shape index (κ3) is 3.99.